The van der Waals surface area contributed by atoms with Crippen molar-refractivity contribution >= 4 is 29.3 Å². The molecule has 0 atom stereocenters. The first kappa shape index (κ1) is 13.3. The standard InChI is InChI=1S/C12H12N8S/c1-21-9-5-3-2-4-8(9)16-11-17-10(13)18-12(19-11)20-7-14-6-15-20/h2-7H,1H3,(H3,13,16,17,18,19). The van der Waals surface area contributed by atoms with Gasteiger partial charge in [0.25, 0.3) is 5.95 Å². The average Bonchev–Trinajstić information content (AvgIpc) is 3.01. The normalized spacial score (nSPS) is 10.5. The van der Waals surface area contributed by atoms with Gasteiger partial charge in [-0.2, -0.15) is 24.7 Å². The number of nitrogens with one attached hydrogen (secondary N) is 1. The van der Waals surface area contributed by atoms with Crippen LogP contribution in [0.3, 0.4) is 0 Å². The Kier molecular flexibility index (Phi) is 3.65. The van der Waals surface area contributed by atoms with Crippen LogP contribution in [-0.4, -0.2) is 36.0 Å². The van der Waals surface area contributed by atoms with Crippen molar-refractivity contribution in [1.29, 1.82) is 0 Å². The van der Waals surface area contributed by atoms with Gasteiger partial charge in [0.1, 0.15) is 12.7 Å². The smallest absolute Gasteiger partial charge is 0.258 e. The number of hydrogen-bond acceptors (Lipinski definition) is 8. The van der Waals surface area contributed by atoms with Gasteiger partial charge in [0.2, 0.25) is 11.9 Å². The Morgan fingerprint density at radius 1 is 1.19 bits per heavy atom. The van der Waals surface area contributed by atoms with Gasteiger partial charge in [-0.3, -0.25) is 0 Å². The monoisotopic (exact) mass is 300 g/mol. The Bertz CT molecular complexity index is 743. The number of nitrogen functional groups attached to an aromatic ring is 1. The van der Waals surface area contributed by atoms with Crippen LogP contribution >= 0.6 is 11.8 Å². The number of anilines is 3. The third-order valence-electron chi connectivity index (χ3n) is 2.62. The zero-order valence-corrected chi connectivity index (χ0v) is 11.9. The van der Waals surface area contributed by atoms with E-state index in [1.54, 1.807) is 11.8 Å². The summed E-state index contributed by atoms with van der Waals surface area (Å²) in [5.74, 6) is 0.776. The van der Waals surface area contributed by atoms with Gasteiger partial charge >= 0.3 is 0 Å². The predicted octanol–water partition coefficient (Wildman–Crippen LogP) is 1.50. The largest absolute Gasteiger partial charge is 0.368 e. The van der Waals surface area contributed by atoms with Crippen molar-refractivity contribution in [2.75, 3.05) is 17.3 Å². The molecule has 0 spiro atoms. The van der Waals surface area contributed by atoms with Gasteiger partial charge in [-0.15, -0.1) is 11.8 Å². The van der Waals surface area contributed by atoms with Crippen LogP contribution in [0.2, 0.25) is 0 Å². The quantitative estimate of drug-likeness (QED) is 0.698. The summed E-state index contributed by atoms with van der Waals surface area (Å²) in [4.78, 5) is 17.3. The molecule has 0 aliphatic carbocycles. The van der Waals surface area contributed by atoms with E-state index in [1.807, 2.05) is 30.5 Å². The second kappa shape index (κ2) is 5.75. The minimum Gasteiger partial charge on any atom is -0.368 e. The van der Waals surface area contributed by atoms with Crippen molar-refractivity contribution < 1.29 is 0 Å². The highest BCUT2D eigenvalue weighted by molar-refractivity contribution is 7.98. The lowest BCUT2D eigenvalue weighted by Crippen LogP contribution is -2.09. The molecular formula is C12H12N8S. The molecule has 0 bridgehead atoms. The minimum absolute atomic E-state index is 0.111. The number of rotatable bonds is 4. The molecule has 2 aromatic heterocycles. The van der Waals surface area contributed by atoms with Gasteiger partial charge in [-0.05, 0) is 18.4 Å². The maximum absolute atomic E-state index is 5.72. The third kappa shape index (κ3) is 2.92. The Morgan fingerprint density at radius 3 is 2.81 bits per heavy atom. The molecule has 0 aliphatic heterocycles. The maximum Gasteiger partial charge on any atom is 0.258 e. The molecule has 3 N–H and O–H groups in total. The Hall–Kier alpha value is -2.68. The first-order valence-electron chi connectivity index (χ1n) is 6.03. The van der Waals surface area contributed by atoms with Crippen LogP contribution in [-0.2, 0) is 0 Å². The molecule has 0 saturated carbocycles. The van der Waals surface area contributed by atoms with E-state index < -0.39 is 0 Å². The van der Waals surface area contributed by atoms with Crippen molar-refractivity contribution in [3.63, 3.8) is 0 Å². The van der Waals surface area contributed by atoms with E-state index in [0.717, 1.165) is 10.6 Å². The molecule has 21 heavy (non-hydrogen) atoms. The number of para-hydroxylation sites is 1. The van der Waals surface area contributed by atoms with E-state index >= 15 is 0 Å². The summed E-state index contributed by atoms with van der Waals surface area (Å²) in [6.45, 7) is 0. The number of nitrogens with two attached hydrogens (primary N) is 1. The van der Waals surface area contributed by atoms with Gasteiger partial charge in [-0.1, -0.05) is 12.1 Å². The molecule has 0 aliphatic rings. The number of benzene rings is 1. The van der Waals surface area contributed by atoms with Crippen molar-refractivity contribution in [1.82, 2.24) is 29.7 Å². The van der Waals surface area contributed by atoms with Crippen molar-refractivity contribution in [3.8, 4) is 5.95 Å². The molecule has 0 unspecified atom stereocenters. The lowest BCUT2D eigenvalue weighted by molar-refractivity contribution is 0.800. The van der Waals surface area contributed by atoms with Crippen molar-refractivity contribution in [3.05, 3.63) is 36.9 Å². The summed E-state index contributed by atoms with van der Waals surface area (Å²) >= 11 is 1.63. The molecule has 3 rings (SSSR count). The van der Waals surface area contributed by atoms with Gasteiger partial charge in [-0.25, -0.2) is 4.98 Å². The second-order valence-corrected chi connectivity index (χ2v) is 4.83. The first-order valence-corrected chi connectivity index (χ1v) is 7.25. The summed E-state index contributed by atoms with van der Waals surface area (Å²) in [5, 5.41) is 7.12. The van der Waals surface area contributed by atoms with E-state index in [2.05, 4.69) is 30.4 Å². The van der Waals surface area contributed by atoms with E-state index in [-0.39, 0.29) is 5.95 Å². The highest BCUT2D eigenvalue weighted by atomic mass is 32.2. The molecule has 3 aromatic rings. The van der Waals surface area contributed by atoms with E-state index in [1.165, 1.54) is 17.3 Å². The zero-order valence-electron chi connectivity index (χ0n) is 11.1. The molecular weight excluding hydrogens is 288 g/mol. The Morgan fingerprint density at radius 2 is 2.05 bits per heavy atom. The molecule has 1 aromatic carbocycles. The molecule has 0 fully saturated rings. The molecule has 0 saturated heterocycles. The van der Waals surface area contributed by atoms with E-state index in [0.29, 0.717) is 11.9 Å². The number of aromatic nitrogens is 6. The van der Waals surface area contributed by atoms with Gasteiger partial charge in [0.05, 0.1) is 5.69 Å². The maximum atomic E-state index is 5.72. The lowest BCUT2D eigenvalue weighted by atomic mass is 10.3. The lowest BCUT2D eigenvalue weighted by Gasteiger charge is -2.09. The van der Waals surface area contributed by atoms with Crippen LogP contribution in [0.15, 0.2) is 41.8 Å². The summed E-state index contributed by atoms with van der Waals surface area (Å²) < 4.78 is 1.42. The van der Waals surface area contributed by atoms with Crippen LogP contribution in [0.25, 0.3) is 5.95 Å². The number of nitrogens with zero attached hydrogens (tertiary/aromatic N) is 6. The fourth-order valence-electron chi connectivity index (χ4n) is 1.72. The van der Waals surface area contributed by atoms with Crippen LogP contribution in [0.4, 0.5) is 17.6 Å². The van der Waals surface area contributed by atoms with E-state index in [9.17, 15) is 0 Å². The number of thioether (sulfide) groups is 1. The van der Waals surface area contributed by atoms with Crippen molar-refractivity contribution in [2.24, 2.45) is 0 Å². The molecule has 0 amide bonds. The topological polar surface area (TPSA) is 107 Å². The summed E-state index contributed by atoms with van der Waals surface area (Å²) in [6.07, 6.45) is 4.90. The fraction of sp³-hybridized carbons (Fsp3) is 0.0833. The molecule has 9 heteroatoms. The second-order valence-electron chi connectivity index (χ2n) is 3.98. The number of hydrogen-bond donors (Lipinski definition) is 2. The van der Waals surface area contributed by atoms with Crippen LogP contribution in [0.1, 0.15) is 0 Å². The van der Waals surface area contributed by atoms with Crippen LogP contribution in [0, 0.1) is 0 Å². The third-order valence-corrected chi connectivity index (χ3v) is 3.41. The summed E-state index contributed by atoms with van der Waals surface area (Å²) in [6, 6.07) is 7.86. The highest BCUT2D eigenvalue weighted by Gasteiger charge is 2.08. The molecule has 2 heterocycles. The zero-order chi connectivity index (χ0) is 14.7. The van der Waals surface area contributed by atoms with E-state index in [4.69, 9.17) is 5.73 Å². The van der Waals surface area contributed by atoms with Crippen molar-refractivity contribution in [2.45, 2.75) is 4.90 Å². The molecule has 0 radical (unpaired) electrons. The van der Waals surface area contributed by atoms with Gasteiger partial charge in [0, 0.05) is 4.90 Å². The highest BCUT2D eigenvalue weighted by Crippen LogP contribution is 2.26. The Labute approximate surface area is 124 Å². The average molecular weight is 300 g/mol. The SMILES string of the molecule is CSc1ccccc1Nc1nc(N)nc(-n2cncn2)n1. The molecule has 8 nitrogen and oxygen atoms in total. The predicted molar refractivity (Wildman–Crippen MR) is 80.7 cm³/mol. The van der Waals surface area contributed by atoms with Crippen LogP contribution in [0.5, 0.6) is 0 Å². The van der Waals surface area contributed by atoms with Gasteiger partial charge < -0.3 is 11.1 Å². The summed E-state index contributed by atoms with van der Waals surface area (Å²) in [5.41, 5.74) is 6.62. The Balaban J connectivity index is 1.96. The molecule has 106 valence electrons. The summed E-state index contributed by atoms with van der Waals surface area (Å²) in [7, 11) is 0. The minimum atomic E-state index is 0.111. The van der Waals surface area contributed by atoms with Gasteiger partial charge in [0.15, 0.2) is 0 Å². The fourth-order valence-corrected chi connectivity index (χ4v) is 2.27. The van der Waals surface area contributed by atoms with Crippen LogP contribution < -0.4 is 11.1 Å². The first-order chi connectivity index (χ1) is 10.3.